The number of phenols is 1. The third kappa shape index (κ3) is 4.39. The Balaban J connectivity index is 1.56. The van der Waals surface area contributed by atoms with Gasteiger partial charge in [-0.25, -0.2) is 4.79 Å². The average molecular weight is 383 g/mol. The van der Waals surface area contributed by atoms with E-state index in [2.05, 4.69) is 0 Å². The predicted molar refractivity (Wildman–Crippen MR) is 110 cm³/mol. The van der Waals surface area contributed by atoms with Gasteiger partial charge in [0.2, 0.25) is 0 Å². The summed E-state index contributed by atoms with van der Waals surface area (Å²) in [6, 6.07) is 10.6. The molecule has 1 aromatic heterocycles. The maximum absolute atomic E-state index is 11.8. The van der Waals surface area contributed by atoms with Crippen LogP contribution in [0.2, 0.25) is 0 Å². The fraction of sp³-hybridized carbons (Fsp3) is 0.318. The van der Waals surface area contributed by atoms with E-state index in [0.29, 0.717) is 42.3 Å². The van der Waals surface area contributed by atoms with Crippen molar-refractivity contribution < 1.29 is 19.0 Å². The number of hydrogen-bond donors (Lipinski definition) is 1. The molecule has 1 N–H and O–H groups in total. The summed E-state index contributed by atoms with van der Waals surface area (Å²) in [4.78, 5) is 13.7. The van der Waals surface area contributed by atoms with Gasteiger partial charge in [-0.1, -0.05) is 0 Å². The van der Waals surface area contributed by atoms with Crippen LogP contribution in [-0.4, -0.2) is 32.4 Å². The van der Waals surface area contributed by atoms with E-state index in [1.165, 1.54) is 0 Å². The van der Waals surface area contributed by atoms with E-state index in [-0.39, 0.29) is 11.4 Å². The minimum Gasteiger partial charge on any atom is -0.508 e. The van der Waals surface area contributed by atoms with Crippen LogP contribution in [0.4, 0.5) is 5.69 Å². The smallest absolute Gasteiger partial charge is 0.339 e. The minimum absolute atomic E-state index is 0.167. The summed E-state index contributed by atoms with van der Waals surface area (Å²) in [5, 5.41) is 10.7. The zero-order chi connectivity index (χ0) is 20.3. The van der Waals surface area contributed by atoms with Crippen LogP contribution in [0.1, 0.15) is 17.5 Å². The number of benzene rings is 2. The molecule has 0 aliphatic heterocycles. The van der Waals surface area contributed by atoms with Crippen molar-refractivity contribution in [3.8, 4) is 17.2 Å². The van der Waals surface area contributed by atoms with Gasteiger partial charge in [0.15, 0.2) is 0 Å². The highest BCUT2D eigenvalue weighted by molar-refractivity contribution is 5.82. The largest absolute Gasteiger partial charge is 0.508 e. The minimum atomic E-state index is -0.321. The second kappa shape index (κ2) is 8.25. The SMILES string of the molecule is Cc1c(C)c2ccc(OCCCOc3cc(O)cc(N(C)C)c3)cc2oc1=O. The first-order valence-corrected chi connectivity index (χ1v) is 9.16. The highest BCUT2D eigenvalue weighted by Crippen LogP contribution is 2.27. The monoisotopic (exact) mass is 383 g/mol. The van der Waals surface area contributed by atoms with Gasteiger partial charge >= 0.3 is 5.63 Å². The summed E-state index contributed by atoms with van der Waals surface area (Å²) in [6.07, 6.45) is 0.669. The van der Waals surface area contributed by atoms with Crippen molar-refractivity contribution in [1.82, 2.24) is 0 Å². The van der Waals surface area contributed by atoms with Gasteiger partial charge < -0.3 is 23.9 Å². The molecule has 0 spiro atoms. The lowest BCUT2D eigenvalue weighted by Gasteiger charge is -2.15. The van der Waals surface area contributed by atoms with Gasteiger partial charge in [0.1, 0.15) is 22.8 Å². The Morgan fingerprint density at radius 1 is 0.964 bits per heavy atom. The summed E-state index contributed by atoms with van der Waals surface area (Å²) < 4.78 is 16.8. The molecule has 0 aliphatic carbocycles. The van der Waals surface area contributed by atoms with Crippen molar-refractivity contribution in [1.29, 1.82) is 0 Å². The number of ether oxygens (including phenoxy) is 2. The van der Waals surface area contributed by atoms with E-state index in [0.717, 1.165) is 16.6 Å². The Bertz CT molecular complexity index is 1040. The molecule has 0 atom stereocenters. The molecule has 28 heavy (non-hydrogen) atoms. The first kappa shape index (κ1) is 19.6. The lowest BCUT2D eigenvalue weighted by Crippen LogP contribution is -2.09. The fourth-order valence-electron chi connectivity index (χ4n) is 2.87. The Morgan fingerprint density at radius 2 is 1.68 bits per heavy atom. The van der Waals surface area contributed by atoms with Crippen LogP contribution in [0.15, 0.2) is 45.6 Å². The first-order valence-electron chi connectivity index (χ1n) is 9.16. The average Bonchev–Trinajstić information content (AvgIpc) is 2.65. The summed E-state index contributed by atoms with van der Waals surface area (Å²) >= 11 is 0. The third-order valence-corrected chi connectivity index (χ3v) is 4.65. The second-order valence-corrected chi connectivity index (χ2v) is 6.93. The molecule has 0 amide bonds. The Hall–Kier alpha value is -3.15. The molecule has 0 saturated carbocycles. The number of anilines is 1. The van der Waals surface area contributed by atoms with Crippen molar-refractivity contribution in [2.24, 2.45) is 0 Å². The van der Waals surface area contributed by atoms with Crippen LogP contribution >= 0.6 is 0 Å². The zero-order valence-electron chi connectivity index (χ0n) is 16.6. The second-order valence-electron chi connectivity index (χ2n) is 6.93. The number of aromatic hydroxyl groups is 1. The Labute approximate surface area is 163 Å². The molecule has 6 heteroatoms. The molecule has 2 aromatic carbocycles. The van der Waals surface area contributed by atoms with E-state index >= 15 is 0 Å². The number of aryl methyl sites for hydroxylation is 1. The van der Waals surface area contributed by atoms with E-state index in [4.69, 9.17) is 13.9 Å². The molecule has 0 saturated heterocycles. The van der Waals surface area contributed by atoms with Crippen LogP contribution in [-0.2, 0) is 0 Å². The number of nitrogens with zero attached hydrogens (tertiary/aromatic N) is 1. The van der Waals surface area contributed by atoms with E-state index in [9.17, 15) is 9.90 Å². The van der Waals surface area contributed by atoms with Gasteiger partial charge in [0.25, 0.3) is 0 Å². The van der Waals surface area contributed by atoms with Crippen molar-refractivity contribution in [2.45, 2.75) is 20.3 Å². The standard InChI is InChI=1S/C22H25NO5/c1-14-15(2)22(25)28-21-13-18(6-7-20(14)21)26-8-5-9-27-19-11-16(23(3)4)10-17(24)12-19/h6-7,10-13,24H,5,8-9H2,1-4H3. The molecule has 0 bridgehead atoms. The van der Waals surface area contributed by atoms with Crippen LogP contribution in [0.5, 0.6) is 17.2 Å². The van der Waals surface area contributed by atoms with Gasteiger partial charge in [-0.15, -0.1) is 0 Å². The van der Waals surface area contributed by atoms with Gasteiger partial charge in [0.05, 0.1) is 13.2 Å². The normalized spacial score (nSPS) is 10.9. The number of rotatable bonds is 7. The van der Waals surface area contributed by atoms with E-state index in [1.54, 1.807) is 25.1 Å². The van der Waals surface area contributed by atoms with E-state index < -0.39 is 0 Å². The summed E-state index contributed by atoms with van der Waals surface area (Å²) in [5.74, 6) is 1.42. The highest BCUT2D eigenvalue weighted by Gasteiger charge is 2.08. The van der Waals surface area contributed by atoms with E-state index in [1.807, 2.05) is 44.1 Å². The van der Waals surface area contributed by atoms with Crippen LogP contribution in [0.25, 0.3) is 11.0 Å². The molecule has 3 aromatic rings. The molecule has 6 nitrogen and oxygen atoms in total. The molecular formula is C22H25NO5. The van der Waals surface area contributed by atoms with Gasteiger partial charge in [-0.2, -0.15) is 0 Å². The lowest BCUT2D eigenvalue weighted by atomic mass is 10.1. The summed E-state index contributed by atoms with van der Waals surface area (Å²) in [5.41, 5.74) is 2.63. The maximum atomic E-state index is 11.8. The highest BCUT2D eigenvalue weighted by atomic mass is 16.5. The molecule has 0 unspecified atom stereocenters. The van der Waals surface area contributed by atoms with Crippen molar-refractivity contribution in [2.75, 3.05) is 32.2 Å². The summed E-state index contributed by atoms with van der Waals surface area (Å²) in [7, 11) is 3.81. The number of fused-ring (bicyclic) bond motifs is 1. The van der Waals surface area contributed by atoms with Crippen molar-refractivity contribution >= 4 is 16.7 Å². The molecule has 1 heterocycles. The predicted octanol–water partition coefficient (Wildman–Crippen LogP) is 4.03. The molecule has 148 valence electrons. The van der Waals surface area contributed by atoms with Gasteiger partial charge in [0, 0.05) is 61.4 Å². The third-order valence-electron chi connectivity index (χ3n) is 4.65. The molecule has 0 aliphatic rings. The molecule has 0 radical (unpaired) electrons. The number of hydrogen-bond acceptors (Lipinski definition) is 6. The quantitative estimate of drug-likeness (QED) is 0.491. The topological polar surface area (TPSA) is 72.1 Å². The first-order chi connectivity index (χ1) is 13.3. The number of phenolic OH excluding ortho intramolecular Hbond substituents is 1. The van der Waals surface area contributed by atoms with Gasteiger partial charge in [-0.05, 0) is 31.5 Å². The lowest BCUT2D eigenvalue weighted by molar-refractivity contribution is 0.247. The zero-order valence-corrected chi connectivity index (χ0v) is 16.6. The fourth-order valence-corrected chi connectivity index (χ4v) is 2.87. The molecular weight excluding hydrogens is 358 g/mol. The maximum Gasteiger partial charge on any atom is 0.339 e. The molecule has 0 fully saturated rings. The summed E-state index contributed by atoms with van der Waals surface area (Å²) in [6.45, 7) is 4.59. The van der Waals surface area contributed by atoms with Crippen LogP contribution < -0.4 is 20.0 Å². The molecule has 3 rings (SSSR count). The van der Waals surface area contributed by atoms with Crippen LogP contribution in [0.3, 0.4) is 0 Å². The van der Waals surface area contributed by atoms with Crippen molar-refractivity contribution in [3.63, 3.8) is 0 Å². The van der Waals surface area contributed by atoms with Crippen LogP contribution in [0, 0.1) is 13.8 Å². The Morgan fingerprint density at radius 3 is 2.39 bits per heavy atom. The van der Waals surface area contributed by atoms with Crippen molar-refractivity contribution in [3.05, 3.63) is 57.9 Å². The van der Waals surface area contributed by atoms with Gasteiger partial charge in [-0.3, -0.25) is 0 Å². The Kier molecular flexibility index (Phi) is 5.78.